The molecule has 2 aliphatic heterocycles. The minimum atomic E-state index is -0.143. The lowest BCUT2D eigenvalue weighted by Gasteiger charge is -2.33. The first-order chi connectivity index (χ1) is 9.75. The van der Waals surface area contributed by atoms with Crippen molar-refractivity contribution in [3.05, 3.63) is 45.9 Å². The second-order valence-electron chi connectivity index (χ2n) is 4.76. The van der Waals surface area contributed by atoms with Gasteiger partial charge in [0.1, 0.15) is 6.54 Å². The van der Waals surface area contributed by atoms with E-state index >= 15 is 0 Å². The summed E-state index contributed by atoms with van der Waals surface area (Å²) < 4.78 is 1.48. The highest BCUT2D eigenvalue weighted by Gasteiger charge is 2.31. The Morgan fingerprint density at radius 2 is 2.05 bits per heavy atom. The zero-order chi connectivity index (χ0) is 13.7. The van der Waals surface area contributed by atoms with Crippen LogP contribution in [0.4, 0.5) is 0 Å². The van der Waals surface area contributed by atoms with Gasteiger partial charge in [-0.1, -0.05) is 12.1 Å². The van der Waals surface area contributed by atoms with Gasteiger partial charge in [-0.15, -0.1) is 11.8 Å². The van der Waals surface area contributed by atoms with Gasteiger partial charge in [-0.2, -0.15) is 0 Å². The zero-order valence-corrected chi connectivity index (χ0v) is 11.4. The second kappa shape index (κ2) is 4.21. The van der Waals surface area contributed by atoms with Crippen LogP contribution in [0.5, 0.6) is 0 Å². The van der Waals surface area contributed by atoms with Crippen LogP contribution in [0.3, 0.4) is 0 Å². The van der Waals surface area contributed by atoms with E-state index in [9.17, 15) is 9.59 Å². The predicted octanol–water partition coefficient (Wildman–Crippen LogP) is 1.28. The molecule has 5 nitrogen and oxygen atoms in total. The summed E-state index contributed by atoms with van der Waals surface area (Å²) in [5.41, 5.74) is 1.28. The molecule has 0 bridgehead atoms. The molecule has 1 aromatic carbocycles. The normalized spacial score (nSPS) is 17.7. The van der Waals surface area contributed by atoms with Crippen molar-refractivity contribution < 1.29 is 4.79 Å². The van der Waals surface area contributed by atoms with E-state index in [1.165, 1.54) is 4.57 Å². The van der Waals surface area contributed by atoms with Gasteiger partial charge in [0.25, 0.3) is 5.56 Å². The number of aromatic nitrogens is 2. The number of rotatable bonds is 0. The van der Waals surface area contributed by atoms with Crippen molar-refractivity contribution in [3.8, 4) is 0 Å². The van der Waals surface area contributed by atoms with Crippen LogP contribution < -0.4 is 5.56 Å². The minimum absolute atomic E-state index is 0.0387. The van der Waals surface area contributed by atoms with Crippen LogP contribution in [0.15, 0.2) is 34.5 Å². The summed E-state index contributed by atoms with van der Waals surface area (Å²) in [6.45, 7) is 0.756. The van der Waals surface area contributed by atoms with Crippen molar-refractivity contribution in [3.63, 3.8) is 0 Å². The van der Waals surface area contributed by atoms with Crippen molar-refractivity contribution in [1.82, 2.24) is 14.5 Å². The highest BCUT2D eigenvalue weighted by Crippen LogP contribution is 2.29. The Hall–Kier alpha value is -2.08. The number of amides is 1. The number of thioether (sulfide) groups is 1. The average Bonchev–Trinajstić information content (AvgIpc) is 2.49. The van der Waals surface area contributed by atoms with Crippen LogP contribution in [0, 0.1) is 0 Å². The summed E-state index contributed by atoms with van der Waals surface area (Å²) in [5, 5.41) is 2.48. The molecule has 1 amide bonds. The largest absolute Gasteiger partial charge is 0.306 e. The molecule has 2 aliphatic rings. The van der Waals surface area contributed by atoms with Crippen LogP contribution in [0.25, 0.3) is 16.6 Å². The van der Waals surface area contributed by atoms with Crippen molar-refractivity contribution in [1.29, 1.82) is 0 Å². The minimum Gasteiger partial charge on any atom is -0.306 e. The van der Waals surface area contributed by atoms with E-state index in [0.29, 0.717) is 23.3 Å². The average molecular weight is 285 g/mol. The van der Waals surface area contributed by atoms with Crippen molar-refractivity contribution >= 4 is 34.3 Å². The maximum Gasteiger partial charge on any atom is 0.262 e. The number of benzene rings is 1. The third kappa shape index (κ3) is 1.54. The molecule has 0 spiro atoms. The summed E-state index contributed by atoms with van der Waals surface area (Å²) in [7, 11) is 0. The van der Waals surface area contributed by atoms with E-state index in [0.717, 1.165) is 11.4 Å². The first kappa shape index (κ1) is 11.7. The summed E-state index contributed by atoms with van der Waals surface area (Å²) in [6.07, 6.45) is 0. The first-order valence-electron chi connectivity index (χ1n) is 6.38. The molecular weight excluding hydrogens is 274 g/mol. The van der Waals surface area contributed by atoms with E-state index in [1.54, 1.807) is 22.7 Å². The summed E-state index contributed by atoms with van der Waals surface area (Å²) in [4.78, 5) is 31.0. The Balaban J connectivity index is 2.07. The number of hydrogen-bond acceptors (Lipinski definition) is 4. The van der Waals surface area contributed by atoms with E-state index in [4.69, 9.17) is 0 Å². The highest BCUT2D eigenvalue weighted by molar-refractivity contribution is 8.02. The number of carbonyl (C=O) groups excluding carboxylic acids is 1. The molecule has 0 radical (unpaired) electrons. The maximum absolute atomic E-state index is 12.5. The molecule has 6 heteroatoms. The van der Waals surface area contributed by atoms with Crippen LogP contribution >= 0.6 is 11.8 Å². The summed E-state index contributed by atoms with van der Waals surface area (Å²) >= 11 is 1.65. The van der Waals surface area contributed by atoms with Gasteiger partial charge in [0.15, 0.2) is 5.82 Å². The molecule has 0 unspecified atom stereocenters. The third-order valence-electron chi connectivity index (χ3n) is 3.60. The molecule has 2 aromatic rings. The van der Waals surface area contributed by atoms with E-state index in [2.05, 4.69) is 4.98 Å². The molecule has 0 saturated carbocycles. The molecule has 3 heterocycles. The molecule has 0 N–H and O–H groups in total. The standard InChI is InChI=1S/C14H11N3O2S/c18-12-7-17-13(11-8-20-6-5-16(11)12)15-10-4-2-1-3-9(10)14(17)19/h1-4,8H,5-7H2. The molecule has 0 saturated heterocycles. The molecule has 20 heavy (non-hydrogen) atoms. The lowest BCUT2D eigenvalue weighted by molar-refractivity contribution is -0.129. The summed E-state index contributed by atoms with van der Waals surface area (Å²) in [6, 6.07) is 7.25. The fourth-order valence-corrected chi connectivity index (χ4v) is 3.43. The fraction of sp³-hybridized carbons (Fsp3) is 0.214. The Labute approximate surface area is 118 Å². The molecule has 100 valence electrons. The zero-order valence-electron chi connectivity index (χ0n) is 10.6. The van der Waals surface area contributed by atoms with Gasteiger partial charge in [-0.3, -0.25) is 14.2 Å². The lowest BCUT2D eigenvalue weighted by atomic mass is 10.2. The third-order valence-corrected chi connectivity index (χ3v) is 4.41. The smallest absolute Gasteiger partial charge is 0.262 e. The number of hydrogen-bond donors (Lipinski definition) is 0. The Morgan fingerprint density at radius 1 is 1.20 bits per heavy atom. The maximum atomic E-state index is 12.5. The Kier molecular flexibility index (Phi) is 2.47. The van der Waals surface area contributed by atoms with Crippen molar-refractivity contribution in [2.45, 2.75) is 6.54 Å². The SMILES string of the molecule is O=C1Cn2c(nc3ccccc3c2=O)C2=CSCCN12. The monoisotopic (exact) mass is 285 g/mol. The molecule has 0 fully saturated rings. The van der Waals surface area contributed by atoms with Crippen LogP contribution in [-0.2, 0) is 11.3 Å². The van der Waals surface area contributed by atoms with Crippen LogP contribution in [0.2, 0.25) is 0 Å². The Morgan fingerprint density at radius 3 is 2.95 bits per heavy atom. The van der Waals surface area contributed by atoms with Gasteiger partial charge in [0.2, 0.25) is 5.91 Å². The number of carbonyl (C=O) groups is 1. The highest BCUT2D eigenvalue weighted by atomic mass is 32.2. The molecular formula is C14H11N3O2S. The fourth-order valence-electron chi connectivity index (χ4n) is 2.63. The molecule has 1 aromatic heterocycles. The Bertz CT molecular complexity index is 825. The predicted molar refractivity (Wildman–Crippen MR) is 78.2 cm³/mol. The lowest BCUT2D eigenvalue weighted by Crippen LogP contribution is -2.44. The van der Waals surface area contributed by atoms with Gasteiger partial charge >= 0.3 is 0 Å². The molecule has 4 rings (SSSR count). The topological polar surface area (TPSA) is 55.2 Å². The number of nitrogens with zero attached hydrogens (tertiary/aromatic N) is 3. The van der Waals surface area contributed by atoms with E-state index in [1.807, 2.05) is 23.6 Å². The number of fused-ring (bicyclic) bond motifs is 4. The van der Waals surface area contributed by atoms with Crippen molar-refractivity contribution in [2.24, 2.45) is 0 Å². The van der Waals surface area contributed by atoms with E-state index in [-0.39, 0.29) is 18.0 Å². The van der Waals surface area contributed by atoms with Gasteiger partial charge < -0.3 is 4.90 Å². The van der Waals surface area contributed by atoms with Gasteiger partial charge in [0.05, 0.1) is 16.6 Å². The quantitative estimate of drug-likeness (QED) is 0.732. The first-order valence-corrected chi connectivity index (χ1v) is 7.43. The summed E-state index contributed by atoms with van der Waals surface area (Å²) in [5.74, 6) is 1.44. The van der Waals surface area contributed by atoms with Crippen LogP contribution in [0.1, 0.15) is 5.82 Å². The van der Waals surface area contributed by atoms with E-state index < -0.39 is 0 Å². The number of para-hydroxylation sites is 1. The van der Waals surface area contributed by atoms with Crippen LogP contribution in [-0.4, -0.2) is 32.7 Å². The van der Waals surface area contributed by atoms with Gasteiger partial charge in [-0.05, 0) is 17.5 Å². The van der Waals surface area contributed by atoms with Gasteiger partial charge in [0, 0.05) is 12.3 Å². The molecule has 0 aliphatic carbocycles. The molecule has 0 atom stereocenters. The van der Waals surface area contributed by atoms with Crippen molar-refractivity contribution in [2.75, 3.05) is 12.3 Å². The second-order valence-corrected chi connectivity index (χ2v) is 5.74. The van der Waals surface area contributed by atoms with Gasteiger partial charge in [-0.25, -0.2) is 4.98 Å².